The van der Waals surface area contributed by atoms with Gasteiger partial charge in [-0.1, -0.05) is 36.4 Å². The Labute approximate surface area is 250 Å². The van der Waals surface area contributed by atoms with Crippen molar-refractivity contribution in [3.05, 3.63) is 129 Å². The molecule has 0 radical (unpaired) electrons. The molecule has 6 rings (SSSR count). The quantitative estimate of drug-likeness (QED) is 0.181. The highest BCUT2D eigenvalue weighted by Crippen LogP contribution is 2.44. The summed E-state index contributed by atoms with van der Waals surface area (Å²) in [6.45, 7) is 9.04. The van der Waals surface area contributed by atoms with E-state index < -0.39 is 6.04 Å². The average molecular weight is 576 g/mol. The van der Waals surface area contributed by atoms with Gasteiger partial charge in [-0.2, -0.15) is 0 Å². The van der Waals surface area contributed by atoms with Crippen LogP contribution in [0.4, 0.5) is 5.69 Å². The predicted molar refractivity (Wildman–Crippen MR) is 167 cm³/mol. The maximum Gasteiger partial charge on any atom is 0.295 e. The number of carbonyl (C=O) groups excluding carboxylic acids is 1. The van der Waals surface area contributed by atoms with Crippen molar-refractivity contribution in [2.24, 2.45) is 0 Å². The minimum absolute atomic E-state index is 0.0435. The Bertz CT molecular complexity index is 1860. The number of rotatable bonds is 9. The van der Waals surface area contributed by atoms with E-state index in [4.69, 9.17) is 18.6 Å². The van der Waals surface area contributed by atoms with Crippen molar-refractivity contribution < 1.29 is 23.4 Å². The predicted octanol–water partition coefficient (Wildman–Crippen LogP) is 7.54. The molecule has 1 aromatic heterocycles. The molecule has 0 fully saturated rings. The number of amides is 1. The molecule has 2 heterocycles. The molecule has 0 saturated carbocycles. The SMILES string of the molecule is CCOc1ccc(N2C(=O)c3oc4cc(C)c(C)cc4c(=O)c3C2c2ccc(OCc3ccccc3)c(OCC)c2)cc1. The summed E-state index contributed by atoms with van der Waals surface area (Å²) < 4.78 is 24.0. The molecule has 1 aliphatic rings. The smallest absolute Gasteiger partial charge is 0.295 e. The van der Waals surface area contributed by atoms with Gasteiger partial charge in [0.1, 0.15) is 17.9 Å². The van der Waals surface area contributed by atoms with Crippen molar-refractivity contribution in [1.29, 1.82) is 0 Å². The molecule has 0 spiro atoms. The third-order valence-corrected chi connectivity index (χ3v) is 7.73. The standard InChI is InChI=1S/C36H33NO6/c1-5-40-27-15-13-26(14-16-27)37-33(32-34(38)28-18-22(3)23(4)19-30(28)43-35(32)36(37)39)25-12-17-29(31(20-25)41-6-2)42-21-24-10-8-7-9-11-24/h7-20,33H,5-6,21H2,1-4H3. The molecule has 7 nitrogen and oxygen atoms in total. The molecular formula is C36H33NO6. The lowest BCUT2D eigenvalue weighted by Crippen LogP contribution is -2.29. The molecule has 0 saturated heterocycles. The van der Waals surface area contributed by atoms with Gasteiger partial charge >= 0.3 is 0 Å². The van der Waals surface area contributed by atoms with Gasteiger partial charge in [0.2, 0.25) is 5.76 Å². The lowest BCUT2D eigenvalue weighted by atomic mass is 9.97. The van der Waals surface area contributed by atoms with Crippen LogP contribution in [-0.4, -0.2) is 19.1 Å². The first kappa shape index (κ1) is 28.1. The van der Waals surface area contributed by atoms with Crippen molar-refractivity contribution in [2.45, 2.75) is 40.3 Å². The molecule has 43 heavy (non-hydrogen) atoms. The topological polar surface area (TPSA) is 78.2 Å². The molecule has 4 aromatic carbocycles. The molecule has 218 valence electrons. The summed E-state index contributed by atoms with van der Waals surface area (Å²) in [5.74, 6) is 1.45. The van der Waals surface area contributed by atoms with E-state index in [2.05, 4.69) is 0 Å². The third-order valence-electron chi connectivity index (χ3n) is 7.73. The molecule has 1 amide bonds. The van der Waals surface area contributed by atoms with Crippen LogP contribution in [0.15, 0.2) is 94.1 Å². The molecule has 7 heteroatoms. The Morgan fingerprint density at radius 2 is 1.49 bits per heavy atom. The first-order valence-corrected chi connectivity index (χ1v) is 14.5. The van der Waals surface area contributed by atoms with E-state index in [0.717, 1.165) is 16.7 Å². The van der Waals surface area contributed by atoms with Crippen molar-refractivity contribution >= 4 is 22.6 Å². The second kappa shape index (κ2) is 11.7. The first-order chi connectivity index (χ1) is 20.9. The first-order valence-electron chi connectivity index (χ1n) is 14.5. The lowest BCUT2D eigenvalue weighted by Gasteiger charge is -2.26. The molecule has 0 aliphatic carbocycles. The van der Waals surface area contributed by atoms with E-state index in [1.807, 2.05) is 113 Å². The summed E-state index contributed by atoms with van der Waals surface area (Å²) in [5, 5.41) is 0.445. The van der Waals surface area contributed by atoms with Gasteiger partial charge in [0.25, 0.3) is 5.91 Å². The van der Waals surface area contributed by atoms with E-state index in [9.17, 15) is 9.59 Å². The number of hydrogen-bond acceptors (Lipinski definition) is 6. The minimum atomic E-state index is -0.745. The van der Waals surface area contributed by atoms with Gasteiger partial charge in [-0.3, -0.25) is 14.5 Å². The zero-order chi connectivity index (χ0) is 30.1. The summed E-state index contributed by atoms with van der Waals surface area (Å²) >= 11 is 0. The molecule has 0 bridgehead atoms. The highest BCUT2D eigenvalue weighted by Gasteiger charge is 2.44. The fourth-order valence-electron chi connectivity index (χ4n) is 5.50. The second-order valence-electron chi connectivity index (χ2n) is 10.5. The third kappa shape index (κ3) is 5.23. The number of hydrogen-bond donors (Lipinski definition) is 0. The van der Waals surface area contributed by atoms with Crippen LogP contribution in [0.3, 0.4) is 0 Å². The van der Waals surface area contributed by atoms with E-state index in [1.54, 1.807) is 4.90 Å². The number of carbonyl (C=O) groups is 1. The van der Waals surface area contributed by atoms with Gasteiger partial charge in [0.15, 0.2) is 16.9 Å². The molecule has 1 unspecified atom stereocenters. The summed E-state index contributed by atoms with van der Waals surface area (Å²) in [7, 11) is 0. The van der Waals surface area contributed by atoms with Crippen LogP contribution in [-0.2, 0) is 6.61 Å². The summed E-state index contributed by atoms with van der Waals surface area (Å²) in [4.78, 5) is 29.8. The van der Waals surface area contributed by atoms with Crippen molar-refractivity contribution in [3.63, 3.8) is 0 Å². The van der Waals surface area contributed by atoms with E-state index in [-0.39, 0.29) is 17.1 Å². The maximum atomic E-state index is 14.2. The van der Waals surface area contributed by atoms with Crippen molar-refractivity contribution in [3.8, 4) is 17.2 Å². The average Bonchev–Trinajstić information content (AvgIpc) is 3.31. The summed E-state index contributed by atoms with van der Waals surface area (Å²) in [5.41, 5.74) is 4.77. The number of fused-ring (bicyclic) bond motifs is 2. The van der Waals surface area contributed by atoms with Crippen LogP contribution in [0.25, 0.3) is 11.0 Å². The van der Waals surface area contributed by atoms with Crippen molar-refractivity contribution in [1.82, 2.24) is 0 Å². The highest BCUT2D eigenvalue weighted by molar-refractivity contribution is 6.10. The number of aryl methyl sites for hydroxylation is 2. The largest absolute Gasteiger partial charge is 0.494 e. The van der Waals surface area contributed by atoms with Crippen molar-refractivity contribution in [2.75, 3.05) is 18.1 Å². The molecule has 1 atom stereocenters. The normalized spacial score (nSPS) is 14.2. The number of nitrogens with zero attached hydrogens (tertiary/aromatic N) is 1. The van der Waals surface area contributed by atoms with Crippen LogP contribution < -0.4 is 24.5 Å². The van der Waals surface area contributed by atoms with Gasteiger partial charge in [-0.15, -0.1) is 0 Å². The number of anilines is 1. The van der Waals surface area contributed by atoms with Gasteiger partial charge in [-0.25, -0.2) is 0 Å². The Balaban J connectivity index is 1.50. The Kier molecular flexibility index (Phi) is 7.63. The maximum absolute atomic E-state index is 14.2. The Hall–Kier alpha value is -5.04. The monoisotopic (exact) mass is 575 g/mol. The van der Waals surface area contributed by atoms with E-state index >= 15 is 0 Å². The Morgan fingerprint density at radius 3 is 2.21 bits per heavy atom. The number of ether oxygens (including phenoxy) is 3. The number of benzene rings is 4. The lowest BCUT2D eigenvalue weighted by molar-refractivity contribution is 0.0971. The van der Waals surface area contributed by atoms with Gasteiger partial charge in [-0.05, 0) is 98.5 Å². The molecular weight excluding hydrogens is 542 g/mol. The Morgan fingerprint density at radius 1 is 0.767 bits per heavy atom. The van der Waals surface area contributed by atoms with E-state index in [0.29, 0.717) is 64.9 Å². The van der Waals surface area contributed by atoms with Gasteiger partial charge < -0.3 is 18.6 Å². The summed E-state index contributed by atoms with van der Waals surface area (Å²) in [6.07, 6.45) is 0. The van der Waals surface area contributed by atoms with Crippen LogP contribution in [0.1, 0.15) is 58.3 Å². The fraction of sp³-hybridized carbons (Fsp3) is 0.222. The van der Waals surface area contributed by atoms with Crippen LogP contribution in [0, 0.1) is 13.8 Å². The zero-order valence-electron chi connectivity index (χ0n) is 24.7. The van der Waals surface area contributed by atoms with Gasteiger partial charge in [0.05, 0.1) is 30.2 Å². The van der Waals surface area contributed by atoms with E-state index in [1.165, 1.54) is 0 Å². The van der Waals surface area contributed by atoms with Gasteiger partial charge in [0, 0.05) is 5.69 Å². The van der Waals surface area contributed by atoms with Crippen LogP contribution >= 0.6 is 0 Å². The molecule has 1 aliphatic heterocycles. The fourth-order valence-corrected chi connectivity index (χ4v) is 5.50. The second-order valence-corrected chi connectivity index (χ2v) is 10.5. The van der Waals surface area contributed by atoms with Crippen LogP contribution in [0.2, 0.25) is 0 Å². The zero-order valence-corrected chi connectivity index (χ0v) is 24.7. The molecule has 0 N–H and O–H groups in total. The summed E-state index contributed by atoms with van der Waals surface area (Å²) in [6, 6.07) is 25.6. The molecule has 5 aromatic rings. The minimum Gasteiger partial charge on any atom is -0.494 e. The highest BCUT2D eigenvalue weighted by atomic mass is 16.5. The van der Waals surface area contributed by atoms with Crippen LogP contribution in [0.5, 0.6) is 17.2 Å².